The van der Waals surface area contributed by atoms with E-state index >= 15 is 0 Å². The second-order valence-corrected chi connectivity index (χ2v) is 5.59. The third kappa shape index (κ3) is 4.02. The third-order valence-corrected chi connectivity index (χ3v) is 3.93. The van der Waals surface area contributed by atoms with Gasteiger partial charge in [-0.15, -0.1) is 0 Å². The second-order valence-electron chi connectivity index (χ2n) is 5.59. The number of rotatable bonds is 5. The van der Waals surface area contributed by atoms with Crippen molar-refractivity contribution in [2.45, 2.75) is 44.6 Å². The molecule has 21 heavy (non-hydrogen) atoms. The Morgan fingerprint density at radius 2 is 1.86 bits per heavy atom. The molecule has 1 aliphatic carbocycles. The molecular weight excluding hydrogens is 264 g/mol. The fourth-order valence-electron chi connectivity index (χ4n) is 2.47. The fraction of sp³-hybridized carbons (Fsp3) is 0.412. The largest absolute Gasteiger partial charge is 0.324 e. The van der Waals surface area contributed by atoms with Gasteiger partial charge in [0.25, 0.3) is 0 Å². The van der Waals surface area contributed by atoms with Crippen molar-refractivity contribution in [2.75, 3.05) is 5.32 Å². The summed E-state index contributed by atoms with van der Waals surface area (Å²) in [5, 5.41) is 2.87. The number of anilines is 1. The quantitative estimate of drug-likeness (QED) is 0.817. The van der Waals surface area contributed by atoms with Crippen LogP contribution in [0.5, 0.6) is 0 Å². The summed E-state index contributed by atoms with van der Waals surface area (Å²) in [6.45, 7) is 1.83. The first-order valence-corrected chi connectivity index (χ1v) is 7.45. The molecule has 4 heteroatoms. The van der Waals surface area contributed by atoms with Crippen LogP contribution in [0.3, 0.4) is 0 Å². The van der Waals surface area contributed by atoms with E-state index in [9.17, 15) is 9.59 Å². The Morgan fingerprint density at radius 1 is 1.24 bits per heavy atom. The van der Waals surface area contributed by atoms with Crippen LogP contribution >= 0.6 is 0 Å². The highest BCUT2D eigenvalue weighted by atomic mass is 16.2. The van der Waals surface area contributed by atoms with Crippen molar-refractivity contribution in [3.63, 3.8) is 0 Å². The monoisotopic (exact) mass is 286 g/mol. The first-order valence-electron chi connectivity index (χ1n) is 7.45. The lowest BCUT2D eigenvalue weighted by Crippen LogP contribution is -2.48. The summed E-state index contributed by atoms with van der Waals surface area (Å²) >= 11 is 0. The van der Waals surface area contributed by atoms with Gasteiger partial charge in [-0.25, -0.2) is 0 Å². The van der Waals surface area contributed by atoms with Gasteiger partial charge in [0.05, 0.1) is 5.54 Å². The number of allylic oxidation sites excluding steroid dienone is 1. The summed E-state index contributed by atoms with van der Waals surface area (Å²) in [6, 6.07) is 7.39. The normalized spacial score (nSPS) is 17.0. The summed E-state index contributed by atoms with van der Waals surface area (Å²) in [5.74, 6) is -0.0110. The van der Waals surface area contributed by atoms with E-state index in [4.69, 9.17) is 5.73 Å². The van der Waals surface area contributed by atoms with Crippen LogP contribution in [0.1, 0.15) is 44.6 Å². The van der Waals surface area contributed by atoms with Gasteiger partial charge in [0.2, 0.25) is 5.91 Å². The zero-order chi connectivity index (χ0) is 15.3. The molecule has 0 atom stereocenters. The predicted molar refractivity (Wildman–Crippen MR) is 84.8 cm³/mol. The molecule has 4 nitrogen and oxygen atoms in total. The van der Waals surface area contributed by atoms with Crippen LogP contribution in [-0.2, 0) is 9.59 Å². The summed E-state index contributed by atoms with van der Waals surface area (Å²) in [4.78, 5) is 23.4. The summed E-state index contributed by atoms with van der Waals surface area (Å²) in [5.41, 5.74) is 7.06. The maximum absolute atomic E-state index is 12.2. The minimum Gasteiger partial charge on any atom is -0.324 e. The lowest BCUT2D eigenvalue weighted by atomic mass is 9.98. The van der Waals surface area contributed by atoms with Gasteiger partial charge in [-0.1, -0.05) is 38.0 Å². The molecule has 0 aromatic heterocycles. The molecule has 0 aliphatic heterocycles. The highest BCUT2D eigenvalue weighted by molar-refractivity contribution is 5.98. The number of hydrogen-bond donors (Lipinski definition) is 2. The minimum atomic E-state index is -0.716. The van der Waals surface area contributed by atoms with Crippen LogP contribution in [-0.4, -0.2) is 17.2 Å². The average molecular weight is 286 g/mol. The number of ketones is 1. The molecule has 2 rings (SSSR count). The number of carbonyl (C=O) groups excluding carboxylic acids is 2. The molecule has 1 saturated carbocycles. The van der Waals surface area contributed by atoms with Crippen molar-refractivity contribution < 1.29 is 9.59 Å². The Hall–Kier alpha value is -1.94. The van der Waals surface area contributed by atoms with Crippen LogP contribution in [0.15, 0.2) is 30.3 Å². The average Bonchev–Trinajstić information content (AvgIpc) is 2.94. The van der Waals surface area contributed by atoms with Crippen molar-refractivity contribution in [2.24, 2.45) is 5.73 Å². The van der Waals surface area contributed by atoms with Crippen LogP contribution < -0.4 is 11.1 Å². The SMILES string of the molecule is CCC(=O)C=Cc1ccc(NC(=O)C2(N)CCCC2)cc1. The van der Waals surface area contributed by atoms with Crippen molar-refractivity contribution in [3.05, 3.63) is 35.9 Å². The molecule has 3 N–H and O–H groups in total. The standard InChI is InChI=1S/C17H22N2O2/c1-2-15(20)10-7-13-5-8-14(9-6-13)19-16(21)17(18)11-3-4-12-17/h5-10H,2-4,11-12,18H2,1H3,(H,19,21). The molecule has 1 aromatic carbocycles. The van der Waals surface area contributed by atoms with Crippen molar-refractivity contribution >= 4 is 23.5 Å². The first-order chi connectivity index (χ1) is 10.0. The Labute approximate surface area is 125 Å². The van der Waals surface area contributed by atoms with Crippen molar-refractivity contribution in [1.29, 1.82) is 0 Å². The van der Waals surface area contributed by atoms with Gasteiger partial charge in [-0.2, -0.15) is 0 Å². The van der Waals surface area contributed by atoms with Crippen molar-refractivity contribution in [1.82, 2.24) is 0 Å². The minimum absolute atomic E-state index is 0.0960. The van der Waals surface area contributed by atoms with E-state index < -0.39 is 5.54 Å². The predicted octanol–water partition coefficient (Wildman–Crippen LogP) is 2.89. The van der Waals surface area contributed by atoms with Gasteiger partial charge in [-0.05, 0) is 36.6 Å². The van der Waals surface area contributed by atoms with Gasteiger partial charge < -0.3 is 11.1 Å². The van der Waals surface area contributed by atoms with Gasteiger partial charge in [0.1, 0.15) is 0 Å². The molecule has 1 fully saturated rings. The van der Waals surface area contributed by atoms with Gasteiger partial charge in [0, 0.05) is 12.1 Å². The topological polar surface area (TPSA) is 72.2 Å². The zero-order valence-corrected chi connectivity index (χ0v) is 12.4. The van der Waals surface area contributed by atoms with E-state index in [0.717, 1.165) is 36.9 Å². The highest BCUT2D eigenvalue weighted by Crippen LogP contribution is 2.28. The number of nitrogens with two attached hydrogens (primary N) is 1. The lowest BCUT2D eigenvalue weighted by molar-refractivity contribution is -0.121. The summed E-state index contributed by atoms with van der Waals surface area (Å²) in [6.07, 6.45) is 7.37. The van der Waals surface area contributed by atoms with Gasteiger partial charge in [0.15, 0.2) is 5.78 Å². The van der Waals surface area contributed by atoms with E-state index in [2.05, 4.69) is 5.32 Å². The zero-order valence-electron chi connectivity index (χ0n) is 12.4. The Balaban J connectivity index is 1.98. The highest BCUT2D eigenvalue weighted by Gasteiger charge is 2.36. The molecule has 112 valence electrons. The van der Waals surface area contributed by atoms with Gasteiger partial charge in [-0.3, -0.25) is 9.59 Å². The van der Waals surface area contributed by atoms with Crippen LogP contribution in [0.4, 0.5) is 5.69 Å². The van der Waals surface area contributed by atoms with Crippen molar-refractivity contribution in [3.8, 4) is 0 Å². The molecule has 1 amide bonds. The molecule has 0 spiro atoms. The Bertz CT molecular complexity index is 540. The molecule has 0 saturated heterocycles. The molecule has 0 bridgehead atoms. The molecule has 0 radical (unpaired) electrons. The molecule has 1 aromatic rings. The van der Waals surface area contributed by atoms with E-state index in [1.165, 1.54) is 0 Å². The first kappa shape index (κ1) is 15.4. The maximum Gasteiger partial charge on any atom is 0.244 e. The summed E-state index contributed by atoms with van der Waals surface area (Å²) < 4.78 is 0. The summed E-state index contributed by atoms with van der Waals surface area (Å²) in [7, 11) is 0. The second kappa shape index (κ2) is 6.68. The number of benzene rings is 1. The molecule has 1 aliphatic rings. The van der Waals surface area contributed by atoms with Crippen LogP contribution in [0, 0.1) is 0 Å². The molecular formula is C17H22N2O2. The number of carbonyl (C=O) groups is 2. The molecule has 0 unspecified atom stereocenters. The lowest BCUT2D eigenvalue weighted by Gasteiger charge is -2.22. The van der Waals surface area contributed by atoms with Gasteiger partial charge >= 0.3 is 0 Å². The van der Waals surface area contributed by atoms with E-state index in [-0.39, 0.29) is 11.7 Å². The van der Waals surface area contributed by atoms with Crippen LogP contribution in [0.2, 0.25) is 0 Å². The van der Waals surface area contributed by atoms with Crippen LogP contribution in [0.25, 0.3) is 6.08 Å². The number of hydrogen-bond acceptors (Lipinski definition) is 3. The smallest absolute Gasteiger partial charge is 0.244 e. The Kier molecular flexibility index (Phi) is 4.91. The fourth-order valence-corrected chi connectivity index (χ4v) is 2.47. The molecule has 0 heterocycles. The maximum atomic E-state index is 12.2. The van der Waals surface area contributed by atoms with E-state index in [0.29, 0.717) is 6.42 Å². The number of amides is 1. The number of nitrogens with one attached hydrogen (secondary N) is 1. The van der Waals surface area contributed by atoms with E-state index in [1.54, 1.807) is 12.2 Å². The van der Waals surface area contributed by atoms with E-state index in [1.807, 2.05) is 31.2 Å². The third-order valence-electron chi connectivity index (χ3n) is 3.93. The Morgan fingerprint density at radius 3 is 2.43 bits per heavy atom.